The number of hydrogen-bond acceptors (Lipinski definition) is 5. The summed E-state index contributed by atoms with van der Waals surface area (Å²) >= 11 is 7.28. The van der Waals surface area contributed by atoms with Gasteiger partial charge >= 0.3 is 5.69 Å². The van der Waals surface area contributed by atoms with Crippen molar-refractivity contribution in [2.75, 3.05) is 23.4 Å². The molecule has 3 N–H and O–H groups in total. The molecule has 0 saturated carbocycles. The first-order valence-electron chi connectivity index (χ1n) is 9.12. The molecule has 3 rings (SSSR count). The van der Waals surface area contributed by atoms with E-state index in [1.165, 1.54) is 28.3 Å². The van der Waals surface area contributed by atoms with E-state index in [0.717, 1.165) is 11.1 Å². The summed E-state index contributed by atoms with van der Waals surface area (Å²) in [7, 11) is 1.48. The first-order valence-corrected chi connectivity index (χ1v) is 10.7. The number of nitrogens with zero attached hydrogens (tertiary/aromatic N) is 2. The third kappa shape index (κ3) is 5.14. The smallest absolute Gasteiger partial charge is 0.330 e. The fourth-order valence-electron chi connectivity index (χ4n) is 2.88. The molecule has 0 saturated heterocycles. The molecule has 3 aromatic rings. The van der Waals surface area contributed by atoms with Crippen LogP contribution in [0.5, 0.6) is 0 Å². The van der Waals surface area contributed by atoms with Gasteiger partial charge in [0.2, 0.25) is 5.91 Å². The molecule has 0 bridgehead atoms. The molecule has 1 aromatic heterocycles. The predicted molar refractivity (Wildman–Crippen MR) is 122 cm³/mol. The number of aromatic nitrogens is 2. The highest BCUT2D eigenvalue weighted by atomic mass is 35.5. The molecule has 0 aliphatic rings. The van der Waals surface area contributed by atoms with Crippen LogP contribution in [0.25, 0.3) is 0 Å². The summed E-state index contributed by atoms with van der Waals surface area (Å²) in [5.74, 6) is 0.425. The number of aromatic amines is 1. The molecule has 9 heteroatoms. The van der Waals surface area contributed by atoms with Gasteiger partial charge in [-0.2, -0.15) is 0 Å². The van der Waals surface area contributed by atoms with Crippen molar-refractivity contribution in [2.24, 2.45) is 0 Å². The van der Waals surface area contributed by atoms with Crippen LogP contribution in [0.15, 0.2) is 64.2 Å². The lowest BCUT2D eigenvalue weighted by Gasteiger charge is -2.20. The maximum Gasteiger partial charge on any atom is 0.330 e. The normalized spacial score (nSPS) is 10.7. The largest absolute Gasteiger partial charge is 0.383 e. The molecule has 0 fully saturated rings. The number of nitrogens with one attached hydrogen (secondary N) is 1. The van der Waals surface area contributed by atoms with Gasteiger partial charge in [0.05, 0.1) is 12.3 Å². The number of carbonyl (C=O) groups is 1. The molecule has 0 unspecified atom stereocenters. The first kappa shape index (κ1) is 21.7. The SMILES string of the molecule is CN(C(=O)CSCc1ccc(Cl)cc1)c1c(N)n(Cc2ccccc2)c(=O)[nH]c1=O. The van der Waals surface area contributed by atoms with Crippen molar-refractivity contribution in [3.8, 4) is 0 Å². The number of benzene rings is 2. The molecule has 0 spiro atoms. The van der Waals surface area contributed by atoms with Crippen LogP contribution in [0.3, 0.4) is 0 Å². The summed E-state index contributed by atoms with van der Waals surface area (Å²) in [6.45, 7) is 0.183. The zero-order valence-corrected chi connectivity index (χ0v) is 17.9. The van der Waals surface area contributed by atoms with Gasteiger partial charge in [-0.25, -0.2) is 4.79 Å². The summed E-state index contributed by atoms with van der Waals surface area (Å²) in [6, 6.07) is 16.6. The van der Waals surface area contributed by atoms with Gasteiger partial charge in [0, 0.05) is 17.8 Å². The Labute approximate surface area is 182 Å². The quantitative estimate of drug-likeness (QED) is 0.583. The van der Waals surface area contributed by atoms with Crippen LogP contribution >= 0.6 is 23.4 Å². The van der Waals surface area contributed by atoms with Crippen molar-refractivity contribution in [3.63, 3.8) is 0 Å². The van der Waals surface area contributed by atoms with Gasteiger partial charge in [0.25, 0.3) is 5.56 Å². The van der Waals surface area contributed by atoms with Crippen molar-refractivity contribution in [1.82, 2.24) is 9.55 Å². The molecule has 0 radical (unpaired) electrons. The van der Waals surface area contributed by atoms with Gasteiger partial charge in [-0.05, 0) is 23.3 Å². The lowest BCUT2D eigenvalue weighted by molar-refractivity contribution is -0.115. The molecule has 156 valence electrons. The highest BCUT2D eigenvalue weighted by molar-refractivity contribution is 7.99. The van der Waals surface area contributed by atoms with Crippen LogP contribution in [0.2, 0.25) is 5.02 Å². The highest BCUT2D eigenvalue weighted by Gasteiger charge is 2.21. The van der Waals surface area contributed by atoms with Crippen molar-refractivity contribution >= 4 is 40.8 Å². The number of nitrogens with two attached hydrogens (primary N) is 1. The molecular weight excluding hydrogens is 424 g/mol. The van der Waals surface area contributed by atoms with Crippen LogP contribution in [0.1, 0.15) is 11.1 Å². The number of rotatable bonds is 7. The third-order valence-electron chi connectivity index (χ3n) is 4.51. The number of carbonyl (C=O) groups excluding carboxylic acids is 1. The molecule has 30 heavy (non-hydrogen) atoms. The Morgan fingerprint density at radius 3 is 2.43 bits per heavy atom. The second-order valence-corrected chi connectivity index (χ2v) is 8.06. The third-order valence-corrected chi connectivity index (χ3v) is 5.76. The summed E-state index contributed by atoms with van der Waals surface area (Å²) < 4.78 is 1.25. The minimum absolute atomic E-state index is 0.0392. The summed E-state index contributed by atoms with van der Waals surface area (Å²) in [4.78, 5) is 40.7. The monoisotopic (exact) mass is 444 g/mol. The van der Waals surface area contributed by atoms with Crippen LogP contribution in [-0.4, -0.2) is 28.3 Å². The number of halogens is 1. The lowest BCUT2D eigenvalue weighted by Crippen LogP contribution is -2.40. The molecule has 1 heterocycles. The van der Waals surface area contributed by atoms with Crippen LogP contribution in [0, 0.1) is 0 Å². The fourth-order valence-corrected chi connectivity index (χ4v) is 3.91. The average Bonchev–Trinajstić information content (AvgIpc) is 2.73. The van der Waals surface area contributed by atoms with E-state index in [1.54, 1.807) is 12.1 Å². The van der Waals surface area contributed by atoms with Gasteiger partial charge in [0.15, 0.2) is 5.69 Å². The zero-order valence-electron chi connectivity index (χ0n) is 16.3. The van der Waals surface area contributed by atoms with E-state index < -0.39 is 11.2 Å². The van der Waals surface area contributed by atoms with Gasteiger partial charge in [-0.15, -0.1) is 11.8 Å². The van der Waals surface area contributed by atoms with E-state index in [-0.39, 0.29) is 29.7 Å². The summed E-state index contributed by atoms with van der Waals surface area (Å²) in [6.07, 6.45) is 0. The number of thioether (sulfide) groups is 1. The molecular formula is C21H21ClN4O3S. The first-order chi connectivity index (χ1) is 14.4. The maximum absolute atomic E-state index is 12.6. The van der Waals surface area contributed by atoms with E-state index >= 15 is 0 Å². The standard InChI is InChI=1S/C21H21ClN4O3S/c1-25(17(27)13-30-12-15-7-9-16(22)10-8-15)18-19(23)26(21(29)24-20(18)28)11-14-5-3-2-4-6-14/h2-10H,11-13,23H2,1H3,(H,24,28,29). The molecule has 7 nitrogen and oxygen atoms in total. The Bertz CT molecular complexity index is 1140. The predicted octanol–water partition coefficient (Wildman–Crippen LogP) is 2.72. The number of H-pyrrole nitrogens is 1. The van der Waals surface area contributed by atoms with E-state index in [1.807, 2.05) is 42.5 Å². The van der Waals surface area contributed by atoms with Gasteiger partial charge < -0.3 is 10.6 Å². The van der Waals surface area contributed by atoms with E-state index in [4.69, 9.17) is 17.3 Å². The number of amides is 1. The van der Waals surface area contributed by atoms with Crippen molar-refractivity contribution in [3.05, 3.63) is 91.6 Å². The summed E-state index contributed by atoms with van der Waals surface area (Å²) in [5.41, 5.74) is 6.66. The average molecular weight is 445 g/mol. The Morgan fingerprint density at radius 2 is 1.77 bits per heavy atom. The van der Waals surface area contributed by atoms with Crippen LogP contribution in [0.4, 0.5) is 11.5 Å². The number of hydrogen-bond donors (Lipinski definition) is 2. The van der Waals surface area contributed by atoms with Crippen LogP contribution in [-0.2, 0) is 17.1 Å². The van der Waals surface area contributed by atoms with Crippen molar-refractivity contribution < 1.29 is 4.79 Å². The number of anilines is 2. The van der Waals surface area contributed by atoms with Crippen LogP contribution < -0.4 is 21.9 Å². The van der Waals surface area contributed by atoms with E-state index in [2.05, 4.69) is 4.98 Å². The Hall–Kier alpha value is -2.97. The van der Waals surface area contributed by atoms with Crippen molar-refractivity contribution in [1.29, 1.82) is 0 Å². The topological polar surface area (TPSA) is 101 Å². The maximum atomic E-state index is 12.6. The highest BCUT2D eigenvalue weighted by Crippen LogP contribution is 2.19. The van der Waals surface area contributed by atoms with E-state index in [0.29, 0.717) is 10.8 Å². The molecule has 0 aliphatic carbocycles. The van der Waals surface area contributed by atoms with Gasteiger partial charge in [-0.3, -0.25) is 19.1 Å². The second kappa shape index (κ2) is 9.69. The molecule has 2 aromatic carbocycles. The Morgan fingerprint density at radius 1 is 1.10 bits per heavy atom. The molecule has 0 aliphatic heterocycles. The van der Waals surface area contributed by atoms with Gasteiger partial charge in [0.1, 0.15) is 5.82 Å². The fraction of sp³-hybridized carbons (Fsp3) is 0.190. The minimum atomic E-state index is -0.694. The van der Waals surface area contributed by atoms with Gasteiger partial charge in [-0.1, -0.05) is 54.1 Å². The Kier molecular flexibility index (Phi) is 7.02. The minimum Gasteiger partial charge on any atom is -0.383 e. The summed E-state index contributed by atoms with van der Waals surface area (Å²) in [5, 5.41) is 0.653. The lowest BCUT2D eigenvalue weighted by atomic mass is 10.2. The van der Waals surface area contributed by atoms with Crippen molar-refractivity contribution in [2.45, 2.75) is 12.3 Å². The molecule has 0 atom stereocenters. The number of nitrogen functional groups attached to an aromatic ring is 1. The van der Waals surface area contributed by atoms with E-state index in [9.17, 15) is 14.4 Å². The molecule has 1 amide bonds. The Balaban J connectivity index is 1.75. The zero-order chi connectivity index (χ0) is 21.7. The second-order valence-electron chi connectivity index (χ2n) is 6.64.